The van der Waals surface area contributed by atoms with Crippen molar-refractivity contribution in [3.63, 3.8) is 0 Å². The van der Waals surface area contributed by atoms with Crippen LogP contribution < -0.4 is 5.32 Å². The van der Waals surface area contributed by atoms with Gasteiger partial charge in [0.1, 0.15) is 4.88 Å². The summed E-state index contributed by atoms with van der Waals surface area (Å²) in [6.07, 6.45) is 2.38. The minimum absolute atomic E-state index is 0.259. The van der Waals surface area contributed by atoms with Crippen molar-refractivity contribution < 1.29 is 14.3 Å². The van der Waals surface area contributed by atoms with Crippen LogP contribution in [0.5, 0.6) is 0 Å². The Hall–Kier alpha value is -0.910. The predicted molar refractivity (Wildman–Crippen MR) is 75.5 cm³/mol. The van der Waals surface area contributed by atoms with E-state index >= 15 is 0 Å². The van der Waals surface area contributed by atoms with Crippen molar-refractivity contribution in [3.8, 4) is 0 Å². The molecule has 19 heavy (non-hydrogen) atoms. The number of ether oxygens (including phenoxy) is 2. The van der Waals surface area contributed by atoms with Crippen LogP contribution in [0.15, 0.2) is 11.4 Å². The molecule has 1 aliphatic heterocycles. The Balaban J connectivity index is 1.81. The van der Waals surface area contributed by atoms with Gasteiger partial charge >= 0.3 is 5.97 Å². The van der Waals surface area contributed by atoms with Crippen LogP contribution in [-0.4, -0.2) is 32.3 Å². The van der Waals surface area contributed by atoms with E-state index in [1.165, 1.54) is 24.9 Å². The van der Waals surface area contributed by atoms with Gasteiger partial charge in [-0.15, -0.1) is 11.3 Å². The first kappa shape index (κ1) is 14.5. The first-order valence-corrected chi connectivity index (χ1v) is 7.55. The summed E-state index contributed by atoms with van der Waals surface area (Å²) in [6.45, 7) is 4.74. The molecule has 0 spiro atoms. The van der Waals surface area contributed by atoms with E-state index in [-0.39, 0.29) is 5.97 Å². The molecule has 1 aliphatic rings. The maximum Gasteiger partial charge on any atom is 0.348 e. The number of carbonyl (C=O) groups excluding carboxylic acids is 1. The Morgan fingerprint density at radius 3 is 3.21 bits per heavy atom. The van der Waals surface area contributed by atoms with Gasteiger partial charge < -0.3 is 14.8 Å². The molecule has 0 amide bonds. The number of nitrogens with one attached hydrogen (secondary N) is 1. The standard InChI is InChI=1S/C14H21NO3S/c1-10(12-4-3-5-18-8-12)15-7-11-6-13(19-9-11)14(16)17-2/h6,9-10,12,15H,3-5,7-8H2,1-2H3/t10-,12-/m0/s1. The Morgan fingerprint density at radius 1 is 1.68 bits per heavy atom. The predicted octanol–water partition coefficient (Wildman–Crippen LogP) is 2.44. The Labute approximate surface area is 118 Å². The van der Waals surface area contributed by atoms with Gasteiger partial charge in [0.05, 0.1) is 13.7 Å². The molecule has 106 valence electrons. The van der Waals surface area contributed by atoms with Gasteiger partial charge in [-0.1, -0.05) is 0 Å². The number of esters is 1. The van der Waals surface area contributed by atoms with Gasteiger partial charge in [0.2, 0.25) is 0 Å². The van der Waals surface area contributed by atoms with Crippen LogP contribution >= 0.6 is 11.3 Å². The minimum atomic E-state index is -0.259. The Bertz CT molecular complexity index is 413. The summed E-state index contributed by atoms with van der Waals surface area (Å²) < 4.78 is 10.2. The van der Waals surface area contributed by atoms with Crippen molar-refractivity contribution >= 4 is 17.3 Å². The lowest BCUT2D eigenvalue weighted by Crippen LogP contribution is -2.37. The molecule has 5 heteroatoms. The van der Waals surface area contributed by atoms with Crippen LogP contribution in [0, 0.1) is 5.92 Å². The second-order valence-corrected chi connectivity index (χ2v) is 5.87. The molecule has 0 bridgehead atoms. The lowest BCUT2D eigenvalue weighted by atomic mass is 9.95. The van der Waals surface area contributed by atoms with Crippen LogP contribution in [-0.2, 0) is 16.0 Å². The Morgan fingerprint density at radius 2 is 2.53 bits per heavy atom. The van der Waals surface area contributed by atoms with E-state index in [1.54, 1.807) is 0 Å². The maximum atomic E-state index is 11.4. The zero-order valence-electron chi connectivity index (χ0n) is 11.5. The number of methoxy groups -OCH3 is 1. The van der Waals surface area contributed by atoms with Gasteiger partial charge in [-0.2, -0.15) is 0 Å². The molecular weight excluding hydrogens is 262 g/mol. The lowest BCUT2D eigenvalue weighted by molar-refractivity contribution is 0.0417. The summed E-state index contributed by atoms with van der Waals surface area (Å²) in [5, 5.41) is 5.52. The largest absolute Gasteiger partial charge is 0.465 e. The van der Waals surface area contributed by atoms with Crippen LogP contribution in [0.3, 0.4) is 0 Å². The molecule has 2 atom stereocenters. The molecule has 0 radical (unpaired) electrons. The van der Waals surface area contributed by atoms with Crippen molar-refractivity contribution in [2.24, 2.45) is 5.92 Å². The summed E-state index contributed by atoms with van der Waals surface area (Å²) in [6, 6.07) is 2.33. The molecule has 1 N–H and O–H groups in total. The normalized spacial score (nSPS) is 21.1. The molecule has 2 heterocycles. The highest BCUT2D eigenvalue weighted by Gasteiger charge is 2.20. The summed E-state index contributed by atoms with van der Waals surface area (Å²) in [5.41, 5.74) is 1.13. The highest BCUT2D eigenvalue weighted by molar-refractivity contribution is 7.12. The van der Waals surface area contributed by atoms with Crippen molar-refractivity contribution in [2.45, 2.75) is 32.4 Å². The fourth-order valence-electron chi connectivity index (χ4n) is 2.28. The molecule has 2 rings (SSSR count). The van der Waals surface area contributed by atoms with Crippen LogP contribution in [0.1, 0.15) is 35.0 Å². The number of hydrogen-bond acceptors (Lipinski definition) is 5. The van der Waals surface area contributed by atoms with E-state index in [4.69, 9.17) is 9.47 Å². The molecule has 4 nitrogen and oxygen atoms in total. The second-order valence-electron chi connectivity index (χ2n) is 4.96. The van der Waals surface area contributed by atoms with Crippen molar-refractivity contribution in [2.75, 3.05) is 20.3 Å². The molecule has 0 aromatic carbocycles. The fraction of sp³-hybridized carbons (Fsp3) is 0.643. The van der Waals surface area contributed by atoms with E-state index in [9.17, 15) is 4.79 Å². The smallest absolute Gasteiger partial charge is 0.348 e. The van der Waals surface area contributed by atoms with Gasteiger partial charge in [-0.25, -0.2) is 4.79 Å². The molecule has 1 aromatic heterocycles. The van der Waals surface area contributed by atoms with Crippen molar-refractivity contribution in [1.29, 1.82) is 0 Å². The third kappa shape index (κ3) is 4.03. The van der Waals surface area contributed by atoms with Gasteiger partial charge in [0, 0.05) is 19.2 Å². The van der Waals surface area contributed by atoms with E-state index in [2.05, 4.69) is 12.2 Å². The first-order valence-electron chi connectivity index (χ1n) is 6.67. The molecule has 1 fully saturated rings. The Kier molecular flexibility index (Phi) is 5.36. The number of thiophene rings is 1. The van der Waals surface area contributed by atoms with Gasteiger partial charge in [-0.3, -0.25) is 0 Å². The van der Waals surface area contributed by atoms with Crippen LogP contribution in [0.25, 0.3) is 0 Å². The minimum Gasteiger partial charge on any atom is -0.465 e. The summed E-state index contributed by atoms with van der Waals surface area (Å²) in [4.78, 5) is 12.0. The quantitative estimate of drug-likeness (QED) is 0.843. The second kappa shape index (κ2) is 7.03. The highest BCUT2D eigenvalue weighted by atomic mass is 32.1. The monoisotopic (exact) mass is 283 g/mol. The molecule has 1 aromatic rings. The number of hydrogen-bond donors (Lipinski definition) is 1. The third-order valence-electron chi connectivity index (χ3n) is 3.57. The topological polar surface area (TPSA) is 47.6 Å². The van der Waals surface area contributed by atoms with E-state index in [0.717, 1.165) is 31.7 Å². The molecule has 1 saturated heterocycles. The van der Waals surface area contributed by atoms with Gasteiger partial charge in [-0.05, 0) is 42.7 Å². The summed E-state index contributed by atoms with van der Waals surface area (Å²) in [7, 11) is 1.41. The van der Waals surface area contributed by atoms with Crippen LogP contribution in [0.4, 0.5) is 0 Å². The number of rotatable bonds is 5. The molecule has 0 aliphatic carbocycles. The third-order valence-corrected chi connectivity index (χ3v) is 4.53. The average Bonchev–Trinajstić information content (AvgIpc) is 2.93. The number of carbonyl (C=O) groups is 1. The zero-order chi connectivity index (χ0) is 13.7. The maximum absolute atomic E-state index is 11.4. The van der Waals surface area contributed by atoms with Crippen LogP contribution in [0.2, 0.25) is 0 Å². The molecule has 0 saturated carbocycles. The first-order chi connectivity index (χ1) is 9.20. The van der Waals surface area contributed by atoms with E-state index in [1.807, 2.05) is 11.4 Å². The lowest BCUT2D eigenvalue weighted by Gasteiger charge is -2.28. The van der Waals surface area contributed by atoms with Gasteiger partial charge in [0.15, 0.2) is 0 Å². The van der Waals surface area contributed by atoms with E-state index in [0.29, 0.717) is 16.8 Å². The van der Waals surface area contributed by atoms with Gasteiger partial charge in [0.25, 0.3) is 0 Å². The SMILES string of the molecule is COC(=O)c1cc(CN[C@@H](C)[C@H]2CCCOC2)cs1. The fourth-order valence-corrected chi connectivity index (χ4v) is 3.11. The highest BCUT2D eigenvalue weighted by Crippen LogP contribution is 2.19. The molecule has 0 unspecified atom stereocenters. The van der Waals surface area contributed by atoms with E-state index < -0.39 is 0 Å². The molecular formula is C14H21NO3S. The van der Waals surface area contributed by atoms with Crippen molar-refractivity contribution in [3.05, 3.63) is 21.9 Å². The van der Waals surface area contributed by atoms with Crippen molar-refractivity contribution in [1.82, 2.24) is 5.32 Å². The summed E-state index contributed by atoms with van der Waals surface area (Å²) >= 11 is 1.43. The zero-order valence-corrected chi connectivity index (χ0v) is 12.3. The average molecular weight is 283 g/mol. The summed E-state index contributed by atoms with van der Waals surface area (Å²) in [5.74, 6) is 0.331.